The van der Waals surface area contributed by atoms with Gasteiger partial charge in [0.1, 0.15) is 5.69 Å². The van der Waals surface area contributed by atoms with E-state index in [1.165, 1.54) is 0 Å². The van der Waals surface area contributed by atoms with Gasteiger partial charge in [-0.15, -0.1) is 0 Å². The molecule has 0 aromatic carbocycles. The van der Waals surface area contributed by atoms with Crippen LogP contribution in [-0.4, -0.2) is 17.3 Å². The second-order valence-corrected chi connectivity index (χ2v) is 2.84. The number of ether oxygens (including phenoxy) is 1. The molecule has 15 heavy (non-hydrogen) atoms. The van der Waals surface area contributed by atoms with E-state index < -0.39 is 34.6 Å². The molecule has 0 fully saturated rings. The maximum absolute atomic E-state index is 13.1. The van der Waals surface area contributed by atoms with E-state index in [0.717, 1.165) is 7.11 Å². The lowest BCUT2D eigenvalue weighted by Gasteiger charge is -2.07. The smallest absolute Gasteiger partial charge is 0.270 e. The van der Waals surface area contributed by atoms with Crippen molar-refractivity contribution in [1.29, 1.82) is 0 Å². The largest absolute Gasteiger partial charge is 0.479 e. The molecule has 0 aliphatic heterocycles. The highest BCUT2D eigenvalue weighted by atomic mass is 35.5. The van der Waals surface area contributed by atoms with Crippen LogP contribution in [0.25, 0.3) is 0 Å². The third-order valence-electron chi connectivity index (χ3n) is 1.59. The van der Waals surface area contributed by atoms with Gasteiger partial charge in [-0.2, -0.15) is 0 Å². The standard InChI is InChI=1S/C8H5ClF3NO2/c1-15-8-5(10)3(7(11)12)2-4(13-8)6(9)14/h2,7H,1H3. The van der Waals surface area contributed by atoms with E-state index in [1.807, 2.05) is 0 Å². The number of pyridine rings is 1. The Bertz CT molecular complexity index is 398. The number of methoxy groups -OCH3 is 1. The van der Waals surface area contributed by atoms with E-state index in [2.05, 4.69) is 9.72 Å². The van der Waals surface area contributed by atoms with Gasteiger partial charge in [0.25, 0.3) is 17.5 Å². The first-order valence-electron chi connectivity index (χ1n) is 3.69. The second-order valence-electron chi connectivity index (χ2n) is 2.49. The van der Waals surface area contributed by atoms with Gasteiger partial charge in [-0.1, -0.05) is 0 Å². The summed E-state index contributed by atoms with van der Waals surface area (Å²) in [5, 5.41) is -1.06. The maximum atomic E-state index is 13.1. The molecule has 0 N–H and O–H groups in total. The van der Waals surface area contributed by atoms with Crippen molar-refractivity contribution in [3.8, 4) is 5.88 Å². The van der Waals surface area contributed by atoms with Crippen LogP contribution in [0.4, 0.5) is 13.2 Å². The van der Waals surface area contributed by atoms with Crippen molar-refractivity contribution >= 4 is 16.8 Å². The van der Waals surface area contributed by atoms with Crippen molar-refractivity contribution < 1.29 is 22.7 Å². The molecule has 0 aliphatic carbocycles. The topological polar surface area (TPSA) is 39.2 Å². The highest BCUT2D eigenvalue weighted by Crippen LogP contribution is 2.28. The maximum Gasteiger partial charge on any atom is 0.270 e. The molecule has 0 unspecified atom stereocenters. The number of nitrogens with zero attached hydrogens (tertiary/aromatic N) is 1. The van der Waals surface area contributed by atoms with E-state index in [0.29, 0.717) is 6.07 Å². The van der Waals surface area contributed by atoms with E-state index in [9.17, 15) is 18.0 Å². The lowest BCUT2D eigenvalue weighted by Crippen LogP contribution is -2.04. The molecule has 1 aromatic heterocycles. The minimum Gasteiger partial charge on any atom is -0.479 e. The summed E-state index contributed by atoms with van der Waals surface area (Å²) in [5.74, 6) is -1.98. The number of aromatic nitrogens is 1. The van der Waals surface area contributed by atoms with E-state index in [1.54, 1.807) is 0 Å². The number of carbonyl (C=O) groups excluding carboxylic acids is 1. The zero-order chi connectivity index (χ0) is 11.6. The Kier molecular flexibility index (Phi) is 3.52. The quantitative estimate of drug-likeness (QED) is 0.761. The Balaban J connectivity index is 3.38. The molecule has 0 radical (unpaired) electrons. The van der Waals surface area contributed by atoms with Crippen LogP contribution in [-0.2, 0) is 0 Å². The van der Waals surface area contributed by atoms with E-state index in [-0.39, 0.29) is 0 Å². The van der Waals surface area contributed by atoms with Crippen molar-refractivity contribution in [2.45, 2.75) is 6.43 Å². The molecule has 0 amide bonds. The highest BCUT2D eigenvalue weighted by Gasteiger charge is 2.21. The third kappa shape index (κ3) is 2.38. The van der Waals surface area contributed by atoms with Crippen molar-refractivity contribution in [3.63, 3.8) is 0 Å². The van der Waals surface area contributed by atoms with Crippen molar-refractivity contribution in [1.82, 2.24) is 4.98 Å². The first-order valence-corrected chi connectivity index (χ1v) is 4.07. The molecular weight excluding hydrogens is 235 g/mol. The average molecular weight is 240 g/mol. The van der Waals surface area contributed by atoms with Crippen LogP contribution in [0.3, 0.4) is 0 Å². The Hall–Kier alpha value is -1.30. The summed E-state index contributed by atoms with van der Waals surface area (Å²) in [7, 11) is 1.04. The summed E-state index contributed by atoms with van der Waals surface area (Å²) in [5.41, 5.74) is -1.45. The molecular formula is C8H5ClF3NO2. The van der Waals surface area contributed by atoms with Crippen LogP contribution < -0.4 is 4.74 Å². The number of hydrogen-bond acceptors (Lipinski definition) is 3. The number of rotatable bonds is 3. The molecule has 0 saturated carbocycles. The van der Waals surface area contributed by atoms with Gasteiger partial charge in [0, 0.05) is 0 Å². The zero-order valence-electron chi connectivity index (χ0n) is 7.43. The van der Waals surface area contributed by atoms with Crippen molar-refractivity contribution in [3.05, 3.63) is 23.1 Å². The first kappa shape index (κ1) is 11.8. The zero-order valence-corrected chi connectivity index (χ0v) is 8.19. The number of halogens is 4. The molecule has 0 saturated heterocycles. The van der Waals surface area contributed by atoms with Gasteiger partial charge >= 0.3 is 0 Å². The summed E-state index contributed by atoms with van der Waals surface area (Å²) in [4.78, 5) is 14.0. The van der Waals surface area contributed by atoms with Crippen molar-refractivity contribution in [2.75, 3.05) is 7.11 Å². The van der Waals surface area contributed by atoms with Gasteiger partial charge < -0.3 is 4.74 Å². The highest BCUT2D eigenvalue weighted by molar-refractivity contribution is 6.67. The predicted octanol–water partition coefficient (Wildman–Crippen LogP) is 2.55. The molecule has 1 heterocycles. The third-order valence-corrected chi connectivity index (χ3v) is 1.78. The van der Waals surface area contributed by atoms with Crippen LogP contribution in [0.15, 0.2) is 6.07 Å². The van der Waals surface area contributed by atoms with E-state index in [4.69, 9.17) is 11.6 Å². The fraction of sp³-hybridized carbons (Fsp3) is 0.250. The summed E-state index contributed by atoms with van der Waals surface area (Å²) in [6, 6.07) is 0.595. The first-order chi connectivity index (χ1) is 6.97. The fourth-order valence-corrected chi connectivity index (χ4v) is 1.02. The van der Waals surface area contributed by atoms with Gasteiger partial charge in [-0.25, -0.2) is 18.2 Å². The monoisotopic (exact) mass is 239 g/mol. The van der Waals surface area contributed by atoms with Crippen LogP contribution in [0, 0.1) is 5.82 Å². The Morgan fingerprint density at radius 1 is 1.60 bits per heavy atom. The molecule has 0 atom stereocenters. The fourth-order valence-electron chi connectivity index (χ4n) is 0.920. The van der Waals surface area contributed by atoms with Crippen LogP contribution in [0.1, 0.15) is 22.5 Å². The number of hydrogen-bond donors (Lipinski definition) is 0. The Labute approximate surface area is 87.8 Å². The molecule has 1 aromatic rings. The summed E-state index contributed by atoms with van der Waals surface area (Å²) < 4.78 is 42.2. The lowest BCUT2D eigenvalue weighted by atomic mass is 10.2. The van der Waals surface area contributed by atoms with Gasteiger partial charge in [-0.05, 0) is 17.7 Å². The SMILES string of the molecule is COc1nc(C(=O)Cl)cc(C(F)F)c1F. The molecule has 3 nitrogen and oxygen atoms in total. The molecule has 1 rings (SSSR count). The van der Waals surface area contributed by atoms with Crippen molar-refractivity contribution in [2.24, 2.45) is 0 Å². The molecule has 0 aliphatic rings. The van der Waals surface area contributed by atoms with Crippen LogP contribution in [0.2, 0.25) is 0 Å². The minimum atomic E-state index is -3.07. The summed E-state index contributed by atoms with van der Waals surface area (Å²) in [6.07, 6.45) is -3.07. The molecule has 82 valence electrons. The van der Waals surface area contributed by atoms with E-state index >= 15 is 0 Å². The van der Waals surface area contributed by atoms with Crippen LogP contribution >= 0.6 is 11.6 Å². The summed E-state index contributed by atoms with van der Waals surface area (Å²) >= 11 is 5.04. The predicted molar refractivity (Wildman–Crippen MR) is 45.9 cm³/mol. The Morgan fingerprint density at radius 3 is 2.60 bits per heavy atom. The molecule has 0 spiro atoms. The summed E-state index contributed by atoms with van der Waals surface area (Å²) in [6.45, 7) is 0. The van der Waals surface area contributed by atoms with Gasteiger partial charge in [0.05, 0.1) is 12.7 Å². The van der Waals surface area contributed by atoms with Gasteiger partial charge in [-0.3, -0.25) is 4.79 Å². The minimum absolute atomic E-state index is 0.481. The van der Waals surface area contributed by atoms with Crippen LogP contribution in [0.5, 0.6) is 5.88 Å². The molecule has 7 heteroatoms. The molecule has 0 bridgehead atoms. The number of alkyl halides is 2. The second kappa shape index (κ2) is 4.48. The van der Waals surface area contributed by atoms with Gasteiger partial charge in [0.2, 0.25) is 0 Å². The Morgan fingerprint density at radius 2 is 2.20 bits per heavy atom. The average Bonchev–Trinajstić information content (AvgIpc) is 2.17. The lowest BCUT2D eigenvalue weighted by molar-refractivity contribution is 0.107. The normalized spacial score (nSPS) is 10.5. The van der Waals surface area contributed by atoms with Gasteiger partial charge in [0.15, 0.2) is 5.82 Å². The number of carbonyl (C=O) groups is 1.